The Bertz CT molecular complexity index is 726. The van der Waals surface area contributed by atoms with Crippen LogP contribution >= 0.6 is 12.4 Å². The molecular formula is C18H27ClN2O3S. The zero-order chi connectivity index (χ0) is 16.9. The molecule has 0 aliphatic carbocycles. The first-order chi connectivity index (χ1) is 11.5. The van der Waals surface area contributed by atoms with Gasteiger partial charge in [-0.3, -0.25) is 4.90 Å². The van der Waals surface area contributed by atoms with Crippen molar-refractivity contribution in [2.75, 3.05) is 33.0 Å². The molecule has 0 bridgehead atoms. The number of sulfonamides is 1. The lowest BCUT2D eigenvalue weighted by molar-refractivity contribution is 0.0213. The first-order valence-corrected chi connectivity index (χ1v) is 10.7. The standard InChI is InChI=1S/C18H26N2O3S.ClH/c1-23-17-7-3-5-13-8-10-19-12-14-6-4-9-20(24(2,21)22)15(14)11-16(19)18(13)17;/h3,5,7,14-16H,4,6,8-12H2,1-2H3;1H/t14-,15+,16+;/m1./s1. The van der Waals surface area contributed by atoms with Gasteiger partial charge in [0.05, 0.1) is 13.4 Å². The van der Waals surface area contributed by atoms with Gasteiger partial charge in [0.1, 0.15) is 5.75 Å². The molecule has 2 saturated heterocycles. The second-order valence-electron chi connectivity index (χ2n) is 7.37. The summed E-state index contributed by atoms with van der Waals surface area (Å²) in [5.74, 6) is 1.41. The van der Waals surface area contributed by atoms with Crippen LogP contribution in [-0.2, 0) is 16.4 Å². The van der Waals surface area contributed by atoms with E-state index < -0.39 is 10.0 Å². The van der Waals surface area contributed by atoms with Gasteiger partial charge in [0.25, 0.3) is 0 Å². The zero-order valence-corrected chi connectivity index (χ0v) is 16.5. The number of methoxy groups -OCH3 is 1. The molecule has 3 aliphatic rings. The van der Waals surface area contributed by atoms with Crippen molar-refractivity contribution in [3.63, 3.8) is 0 Å². The number of hydrogen-bond acceptors (Lipinski definition) is 4. The Morgan fingerprint density at radius 3 is 2.76 bits per heavy atom. The maximum absolute atomic E-state index is 12.3. The molecule has 3 aliphatic heterocycles. The molecule has 1 aromatic rings. The van der Waals surface area contributed by atoms with Crippen LogP contribution in [0.5, 0.6) is 5.75 Å². The number of nitrogens with zero attached hydrogens (tertiary/aromatic N) is 2. The highest BCUT2D eigenvalue weighted by Gasteiger charge is 2.45. The van der Waals surface area contributed by atoms with Crippen LogP contribution in [0.4, 0.5) is 0 Å². The van der Waals surface area contributed by atoms with Crippen molar-refractivity contribution < 1.29 is 13.2 Å². The van der Waals surface area contributed by atoms with E-state index >= 15 is 0 Å². The van der Waals surface area contributed by atoms with Gasteiger partial charge in [-0.05, 0) is 43.2 Å². The van der Waals surface area contributed by atoms with E-state index in [1.165, 1.54) is 17.4 Å². The molecule has 7 heteroatoms. The lowest BCUT2D eigenvalue weighted by Gasteiger charge is -2.51. The maximum Gasteiger partial charge on any atom is 0.211 e. The van der Waals surface area contributed by atoms with Crippen LogP contribution in [0.3, 0.4) is 0 Å². The summed E-state index contributed by atoms with van der Waals surface area (Å²) in [6, 6.07) is 6.68. The van der Waals surface area contributed by atoms with Crippen molar-refractivity contribution in [1.29, 1.82) is 0 Å². The van der Waals surface area contributed by atoms with Crippen LogP contribution < -0.4 is 4.74 Å². The van der Waals surface area contributed by atoms with Crippen molar-refractivity contribution in [3.05, 3.63) is 29.3 Å². The van der Waals surface area contributed by atoms with Gasteiger partial charge in [-0.15, -0.1) is 12.4 Å². The van der Waals surface area contributed by atoms with E-state index in [-0.39, 0.29) is 24.5 Å². The van der Waals surface area contributed by atoms with E-state index in [4.69, 9.17) is 4.74 Å². The second kappa shape index (κ2) is 7.06. The topological polar surface area (TPSA) is 49.9 Å². The summed E-state index contributed by atoms with van der Waals surface area (Å²) in [5.41, 5.74) is 2.64. The number of piperidine rings is 2. The van der Waals surface area contributed by atoms with E-state index in [0.29, 0.717) is 12.5 Å². The van der Waals surface area contributed by atoms with Crippen molar-refractivity contribution in [1.82, 2.24) is 9.21 Å². The van der Waals surface area contributed by atoms with Crippen molar-refractivity contribution in [2.45, 2.75) is 37.8 Å². The first kappa shape index (κ1) is 19.0. The Balaban J connectivity index is 0.00000182. The lowest BCUT2D eigenvalue weighted by atomic mass is 9.77. The average Bonchev–Trinajstić information content (AvgIpc) is 2.57. The average molecular weight is 387 g/mol. The Morgan fingerprint density at radius 1 is 1.24 bits per heavy atom. The lowest BCUT2D eigenvalue weighted by Crippen LogP contribution is -2.57. The summed E-state index contributed by atoms with van der Waals surface area (Å²) < 4.78 is 31.9. The SMILES string of the molecule is COc1cccc2c1[C@@H]1C[C@H]3[C@H](CCCN3S(C)(=O)=O)CN1CC2.Cl. The van der Waals surface area contributed by atoms with Crippen LogP contribution in [0.2, 0.25) is 0 Å². The molecule has 0 unspecified atom stereocenters. The third-order valence-electron chi connectivity index (χ3n) is 6.05. The largest absolute Gasteiger partial charge is 0.496 e. The highest BCUT2D eigenvalue weighted by Crippen LogP contribution is 2.46. The minimum absolute atomic E-state index is 0. The monoisotopic (exact) mass is 386 g/mol. The van der Waals surface area contributed by atoms with E-state index in [0.717, 1.165) is 44.5 Å². The van der Waals surface area contributed by atoms with Crippen LogP contribution in [0.15, 0.2) is 18.2 Å². The summed E-state index contributed by atoms with van der Waals surface area (Å²) in [4.78, 5) is 2.55. The summed E-state index contributed by atoms with van der Waals surface area (Å²) in [7, 11) is -1.42. The molecule has 3 atom stereocenters. The molecule has 25 heavy (non-hydrogen) atoms. The molecule has 140 valence electrons. The zero-order valence-electron chi connectivity index (χ0n) is 14.8. The van der Waals surface area contributed by atoms with E-state index in [9.17, 15) is 8.42 Å². The summed E-state index contributed by atoms with van der Waals surface area (Å²) in [6.45, 7) is 2.73. The Morgan fingerprint density at radius 2 is 2.04 bits per heavy atom. The van der Waals surface area contributed by atoms with Crippen LogP contribution in [0, 0.1) is 5.92 Å². The van der Waals surface area contributed by atoms with Gasteiger partial charge in [0.2, 0.25) is 10.0 Å². The predicted molar refractivity (Wildman–Crippen MR) is 101 cm³/mol. The number of hydrogen-bond donors (Lipinski definition) is 0. The Kier molecular flexibility index (Phi) is 5.36. The quantitative estimate of drug-likeness (QED) is 0.783. The van der Waals surface area contributed by atoms with Gasteiger partial charge >= 0.3 is 0 Å². The predicted octanol–water partition coefficient (Wildman–Crippen LogP) is 2.46. The highest BCUT2D eigenvalue weighted by atomic mass is 35.5. The molecule has 0 aromatic heterocycles. The Labute approximate surface area is 156 Å². The molecule has 0 spiro atoms. The number of halogens is 1. The van der Waals surface area contributed by atoms with Gasteiger partial charge in [-0.25, -0.2) is 8.42 Å². The summed E-state index contributed by atoms with van der Waals surface area (Å²) in [6.07, 6.45) is 5.41. The maximum atomic E-state index is 12.3. The van der Waals surface area contributed by atoms with Gasteiger partial charge in [0.15, 0.2) is 0 Å². The van der Waals surface area contributed by atoms with Gasteiger partial charge in [-0.2, -0.15) is 4.31 Å². The summed E-state index contributed by atoms with van der Waals surface area (Å²) >= 11 is 0. The first-order valence-electron chi connectivity index (χ1n) is 8.85. The van der Waals surface area contributed by atoms with Crippen LogP contribution in [-0.4, -0.2) is 56.7 Å². The molecule has 0 amide bonds. The number of rotatable bonds is 2. The third kappa shape index (κ3) is 3.29. The van der Waals surface area contributed by atoms with Crippen molar-refractivity contribution in [2.24, 2.45) is 5.92 Å². The summed E-state index contributed by atoms with van der Waals surface area (Å²) in [5, 5.41) is 0. The minimum atomic E-state index is -3.14. The van der Waals surface area contributed by atoms with Crippen molar-refractivity contribution >= 4 is 22.4 Å². The van der Waals surface area contributed by atoms with Crippen LogP contribution in [0.1, 0.15) is 36.4 Å². The smallest absolute Gasteiger partial charge is 0.211 e. The van der Waals surface area contributed by atoms with Gasteiger partial charge in [-0.1, -0.05) is 12.1 Å². The normalized spacial score (nSPS) is 29.8. The number of fused-ring (bicyclic) bond motifs is 4. The molecule has 0 radical (unpaired) electrons. The molecule has 0 N–H and O–H groups in total. The molecule has 0 saturated carbocycles. The highest BCUT2D eigenvalue weighted by molar-refractivity contribution is 7.88. The fourth-order valence-corrected chi connectivity index (χ4v) is 6.23. The van der Waals surface area contributed by atoms with E-state index in [1.54, 1.807) is 11.4 Å². The van der Waals surface area contributed by atoms with Gasteiger partial charge in [0, 0.05) is 37.3 Å². The molecule has 5 nitrogen and oxygen atoms in total. The molecule has 4 rings (SSSR count). The van der Waals surface area contributed by atoms with E-state index in [1.807, 2.05) is 6.07 Å². The van der Waals surface area contributed by atoms with Crippen molar-refractivity contribution in [3.8, 4) is 5.75 Å². The molecule has 1 aromatic carbocycles. The Hall–Kier alpha value is -0.820. The second-order valence-corrected chi connectivity index (χ2v) is 9.31. The number of ether oxygens (including phenoxy) is 1. The molecular weight excluding hydrogens is 360 g/mol. The fourth-order valence-electron chi connectivity index (χ4n) is 5.02. The van der Waals surface area contributed by atoms with E-state index in [2.05, 4.69) is 17.0 Å². The van der Waals surface area contributed by atoms with Gasteiger partial charge < -0.3 is 4.74 Å². The number of benzene rings is 1. The van der Waals surface area contributed by atoms with Crippen LogP contribution in [0.25, 0.3) is 0 Å². The minimum Gasteiger partial charge on any atom is -0.496 e. The fraction of sp³-hybridized carbons (Fsp3) is 0.667. The third-order valence-corrected chi connectivity index (χ3v) is 7.35. The molecule has 3 heterocycles. The molecule has 2 fully saturated rings.